The van der Waals surface area contributed by atoms with Crippen molar-refractivity contribution in [3.63, 3.8) is 0 Å². The van der Waals surface area contributed by atoms with Gasteiger partial charge in [-0.2, -0.15) is 13.2 Å². The number of anilines is 2. The minimum atomic E-state index is -4.56. The van der Waals surface area contributed by atoms with Crippen molar-refractivity contribution >= 4 is 51.7 Å². The van der Waals surface area contributed by atoms with Crippen LogP contribution in [0.3, 0.4) is 0 Å². The van der Waals surface area contributed by atoms with Crippen molar-refractivity contribution in [2.75, 3.05) is 22.5 Å². The Morgan fingerprint density at radius 3 is 2.72 bits per heavy atom. The van der Waals surface area contributed by atoms with Crippen LogP contribution in [-0.2, 0) is 15.8 Å². The lowest BCUT2D eigenvalue weighted by Crippen LogP contribution is -2.49. The Bertz CT molecular complexity index is 1060. The first-order chi connectivity index (χ1) is 15.2. The van der Waals surface area contributed by atoms with Gasteiger partial charge in [-0.1, -0.05) is 29.4 Å². The first kappa shape index (κ1) is 22.6. The van der Waals surface area contributed by atoms with Crippen molar-refractivity contribution in [3.05, 3.63) is 59.1 Å². The second kappa shape index (κ2) is 9.10. The van der Waals surface area contributed by atoms with Crippen LogP contribution in [0.1, 0.15) is 5.56 Å². The smallest absolute Gasteiger partial charge is 0.325 e. The molecule has 2 amide bonds. The number of carbonyl (C=O) groups is 2. The van der Waals surface area contributed by atoms with Crippen LogP contribution in [0.4, 0.5) is 24.5 Å². The van der Waals surface area contributed by atoms with E-state index in [9.17, 15) is 22.8 Å². The van der Waals surface area contributed by atoms with E-state index in [0.717, 1.165) is 28.8 Å². The fourth-order valence-corrected chi connectivity index (χ4v) is 4.26. The zero-order valence-electron chi connectivity index (χ0n) is 16.3. The summed E-state index contributed by atoms with van der Waals surface area (Å²) < 4.78 is 39.6. The molecule has 0 saturated carbocycles. The number of halogens is 4. The topological polar surface area (TPSA) is 85.8 Å². The first-order valence-corrected chi connectivity index (χ1v) is 10.8. The van der Waals surface area contributed by atoms with Crippen LogP contribution in [0.25, 0.3) is 0 Å². The Morgan fingerprint density at radius 1 is 1.25 bits per heavy atom. The summed E-state index contributed by atoms with van der Waals surface area (Å²) in [4.78, 5) is 31.1. The van der Waals surface area contributed by atoms with Crippen molar-refractivity contribution < 1.29 is 22.8 Å². The number of thioether (sulfide) groups is 1. The molecule has 0 bridgehead atoms. The van der Waals surface area contributed by atoms with Crippen LogP contribution in [0.5, 0.6) is 0 Å². The van der Waals surface area contributed by atoms with Crippen molar-refractivity contribution in [1.29, 1.82) is 0 Å². The predicted octanol–water partition coefficient (Wildman–Crippen LogP) is 3.48. The maximum atomic E-state index is 13.2. The van der Waals surface area contributed by atoms with Gasteiger partial charge in [0, 0.05) is 17.3 Å². The van der Waals surface area contributed by atoms with Gasteiger partial charge in [-0.05, 0) is 42.5 Å². The van der Waals surface area contributed by atoms with Gasteiger partial charge in [0.25, 0.3) is 0 Å². The number of hydrogen-bond donors (Lipinski definition) is 3. The third-order valence-electron chi connectivity index (χ3n) is 4.82. The lowest BCUT2D eigenvalue weighted by Gasteiger charge is -2.32. The SMILES string of the molecule is O=C(CSC1=NC2NNCC2C(=O)N1c1cccc(C(F)(F)F)c1)Nc1ccc(Cl)cc1. The Balaban J connectivity index is 1.56. The van der Waals surface area contributed by atoms with Gasteiger partial charge in [-0.25, -0.2) is 10.4 Å². The van der Waals surface area contributed by atoms with E-state index >= 15 is 0 Å². The lowest BCUT2D eigenvalue weighted by atomic mass is 10.0. The number of hydrazine groups is 1. The highest BCUT2D eigenvalue weighted by Crippen LogP contribution is 2.34. The fourth-order valence-electron chi connectivity index (χ4n) is 3.29. The van der Waals surface area contributed by atoms with Crippen molar-refractivity contribution in [3.8, 4) is 0 Å². The van der Waals surface area contributed by atoms with E-state index in [-0.39, 0.29) is 29.1 Å². The van der Waals surface area contributed by atoms with Gasteiger partial charge in [0.15, 0.2) is 5.17 Å². The number of fused-ring (bicyclic) bond motifs is 1. The van der Waals surface area contributed by atoms with Crippen LogP contribution in [0.2, 0.25) is 5.02 Å². The molecule has 1 saturated heterocycles. The third-order valence-corrected chi connectivity index (χ3v) is 6.03. The average Bonchev–Trinajstić information content (AvgIpc) is 3.22. The lowest BCUT2D eigenvalue weighted by molar-refractivity contribution is -0.137. The standard InChI is InChI=1S/C20H17ClF3N5O2S/c21-12-4-6-13(7-5-12)26-16(30)10-32-19-27-17-15(9-25-28-17)18(31)29(19)14-3-1-2-11(8-14)20(22,23)24/h1-8,15,17,25,28H,9-10H2,(H,26,30). The number of rotatable bonds is 4. The summed E-state index contributed by atoms with van der Waals surface area (Å²) in [6, 6.07) is 11.0. The quantitative estimate of drug-likeness (QED) is 0.620. The van der Waals surface area contributed by atoms with Gasteiger partial charge in [0.05, 0.1) is 22.9 Å². The van der Waals surface area contributed by atoms with E-state index in [2.05, 4.69) is 21.2 Å². The van der Waals surface area contributed by atoms with Crippen LogP contribution in [-0.4, -0.2) is 35.4 Å². The number of hydrogen-bond acceptors (Lipinski definition) is 6. The van der Waals surface area contributed by atoms with Gasteiger partial charge >= 0.3 is 6.18 Å². The maximum Gasteiger partial charge on any atom is 0.416 e. The predicted molar refractivity (Wildman–Crippen MR) is 117 cm³/mol. The largest absolute Gasteiger partial charge is 0.416 e. The summed E-state index contributed by atoms with van der Waals surface area (Å²) in [5.74, 6) is -1.44. The normalized spacial score (nSPS) is 20.7. The van der Waals surface area contributed by atoms with E-state index in [4.69, 9.17) is 11.6 Å². The maximum absolute atomic E-state index is 13.2. The van der Waals surface area contributed by atoms with Crippen molar-refractivity contribution in [1.82, 2.24) is 10.9 Å². The van der Waals surface area contributed by atoms with Crippen molar-refractivity contribution in [2.45, 2.75) is 12.3 Å². The Hall–Kier alpha value is -2.60. The summed E-state index contributed by atoms with van der Waals surface area (Å²) in [5.41, 5.74) is 5.41. The second-order valence-electron chi connectivity index (χ2n) is 7.05. The first-order valence-electron chi connectivity index (χ1n) is 9.48. The van der Waals surface area contributed by atoms with Gasteiger partial charge in [0.2, 0.25) is 11.8 Å². The molecule has 2 unspecified atom stereocenters. The molecule has 168 valence electrons. The van der Waals surface area contributed by atoms with E-state index in [0.29, 0.717) is 10.7 Å². The molecule has 3 N–H and O–H groups in total. The second-order valence-corrected chi connectivity index (χ2v) is 8.43. The molecule has 0 radical (unpaired) electrons. The molecule has 2 aliphatic heterocycles. The molecule has 2 heterocycles. The third kappa shape index (κ3) is 4.90. The summed E-state index contributed by atoms with van der Waals surface area (Å²) in [7, 11) is 0. The minimum absolute atomic E-state index is 0.0412. The molecular formula is C20H17ClF3N5O2S. The molecule has 32 heavy (non-hydrogen) atoms. The van der Waals surface area contributed by atoms with Gasteiger partial charge in [0.1, 0.15) is 6.17 Å². The summed E-state index contributed by atoms with van der Waals surface area (Å²) in [5, 5.41) is 3.36. The molecular weight excluding hydrogens is 467 g/mol. The van der Waals surface area contributed by atoms with Crippen LogP contribution < -0.4 is 21.1 Å². The number of alkyl halides is 3. The Labute approximate surface area is 190 Å². The molecule has 12 heteroatoms. The number of amidine groups is 1. The van der Waals surface area contributed by atoms with E-state index in [1.165, 1.54) is 12.1 Å². The van der Waals surface area contributed by atoms with Gasteiger partial charge in [-0.15, -0.1) is 0 Å². The number of aliphatic imine (C=N–C) groups is 1. The molecule has 0 spiro atoms. The zero-order valence-corrected chi connectivity index (χ0v) is 17.9. The highest BCUT2D eigenvalue weighted by molar-refractivity contribution is 8.14. The molecule has 2 aromatic carbocycles. The van der Waals surface area contributed by atoms with Gasteiger partial charge in [-0.3, -0.25) is 19.9 Å². The average molecular weight is 484 g/mol. The number of amides is 2. The number of nitrogens with zero attached hydrogens (tertiary/aromatic N) is 2. The zero-order chi connectivity index (χ0) is 22.9. The van der Waals surface area contributed by atoms with Gasteiger partial charge < -0.3 is 5.32 Å². The molecule has 0 aliphatic carbocycles. The highest BCUT2D eigenvalue weighted by atomic mass is 35.5. The number of benzene rings is 2. The minimum Gasteiger partial charge on any atom is -0.325 e. The number of carbonyl (C=O) groups excluding carboxylic acids is 2. The van der Waals surface area contributed by atoms with Crippen LogP contribution in [0, 0.1) is 5.92 Å². The Morgan fingerprint density at radius 2 is 2.00 bits per heavy atom. The molecule has 2 atom stereocenters. The van der Waals surface area contributed by atoms with E-state index in [1.54, 1.807) is 24.3 Å². The molecule has 4 rings (SSSR count). The van der Waals surface area contributed by atoms with Crippen LogP contribution >= 0.6 is 23.4 Å². The monoisotopic (exact) mass is 483 g/mol. The Kier molecular flexibility index (Phi) is 6.42. The van der Waals surface area contributed by atoms with Crippen LogP contribution in [0.15, 0.2) is 53.5 Å². The summed E-state index contributed by atoms with van der Waals surface area (Å²) >= 11 is 6.80. The van der Waals surface area contributed by atoms with Crippen molar-refractivity contribution in [2.24, 2.45) is 10.9 Å². The molecule has 2 aromatic rings. The highest BCUT2D eigenvalue weighted by Gasteiger charge is 2.43. The molecule has 1 fully saturated rings. The fraction of sp³-hybridized carbons (Fsp3) is 0.250. The summed E-state index contributed by atoms with van der Waals surface area (Å²) in [6.07, 6.45) is -5.12. The molecule has 7 nitrogen and oxygen atoms in total. The summed E-state index contributed by atoms with van der Waals surface area (Å²) in [6.45, 7) is 0.289. The molecule has 0 aromatic heterocycles. The number of nitrogens with one attached hydrogen (secondary N) is 3. The van der Waals surface area contributed by atoms with E-state index in [1.807, 2.05) is 0 Å². The molecule has 2 aliphatic rings. The van der Waals surface area contributed by atoms with E-state index < -0.39 is 29.7 Å².